The average Bonchev–Trinajstić information content (AvgIpc) is 2.09. The Morgan fingerprint density at radius 3 is 2.50 bits per heavy atom. The fourth-order valence-corrected chi connectivity index (χ4v) is 0.942. The molecule has 0 aliphatic carbocycles. The van der Waals surface area contributed by atoms with Crippen LogP contribution in [0.3, 0.4) is 0 Å². The van der Waals surface area contributed by atoms with Gasteiger partial charge in [0.2, 0.25) is 5.78 Å². The summed E-state index contributed by atoms with van der Waals surface area (Å²) in [4.78, 5) is 10.8. The van der Waals surface area contributed by atoms with Gasteiger partial charge in [-0.2, -0.15) is 0 Å². The van der Waals surface area contributed by atoms with Gasteiger partial charge in [0.15, 0.2) is 0 Å². The number of benzene rings is 1. The number of rotatable bonds is 2. The van der Waals surface area contributed by atoms with Crippen LogP contribution in [0.4, 0.5) is 0 Å². The maximum absolute atomic E-state index is 10.8. The summed E-state index contributed by atoms with van der Waals surface area (Å²) < 4.78 is 0. The van der Waals surface area contributed by atoms with Crippen molar-refractivity contribution in [3.63, 3.8) is 0 Å². The molecule has 0 saturated heterocycles. The summed E-state index contributed by atoms with van der Waals surface area (Å²) >= 11 is 0. The van der Waals surface area contributed by atoms with Crippen LogP contribution in [-0.2, 0) is 11.2 Å². The lowest BCUT2D eigenvalue weighted by atomic mass is 10.1. The molecule has 0 heterocycles. The molecular weight excluding hydrogens is 148 g/mol. The first-order chi connectivity index (χ1) is 5.72. The van der Waals surface area contributed by atoms with Crippen molar-refractivity contribution in [2.24, 2.45) is 0 Å². The van der Waals surface area contributed by atoms with Crippen LogP contribution in [0, 0.1) is 19.3 Å². The fraction of sp³-hybridized carbons (Fsp3) is 0.182. The number of hydrogen-bond acceptors (Lipinski definition) is 1. The second kappa shape index (κ2) is 3.73. The number of terminal acetylenes is 1. The predicted molar refractivity (Wildman–Crippen MR) is 48.7 cm³/mol. The Labute approximate surface area is 72.4 Å². The zero-order valence-electron chi connectivity index (χ0n) is 7.00. The van der Waals surface area contributed by atoms with Crippen LogP contribution >= 0.6 is 0 Å². The SMILES string of the molecule is C#CC(=O)Cc1ccc(C)cc1. The van der Waals surface area contributed by atoms with Gasteiger partial charge in [0.1, 0.15) is 0 Å². The Morgan fingerprint density at radius 2 is 2.00 bits per heavy atom. The van der Waals surface area contributed by atoms with E-state index < -0.39 is 0 Å². The van der Waals surface area contributed by atoms with Crippen LogP contribution in [0.2, 0.25) is 0 Å². The van der Waals surface area contributed by atoms with Crippen LogP contribution in [0.5, 0.6) is 0 Å². The van der Waals surface area contributed by atoms with E-state index in [0.29, 0.717) is 6.42 Å². The van der Waals surface area contributed by atoms with Gasteiger partial charge in [-0.15, -0.1) is 6.42 Å². The zero-order chi connectivity index (χ0) is 8.97. The molecule has 0 N–H and O–H groups in total. The van der Waals surface area contributed by atoms with Crippen LogP contribution < -0.4 is 0 Å². The molecule has 0 amide bonds. The van der Waals surface area contributed by atoms with E-state index in [1.54, 1.807) is 0 Å². The molecule has 0 spiro atoms. The Balaban J connectivity index is 2.73. The number of carbonyl (C=O) groups excluding carboxylic acids is 1. The van der Waals surface area contributed by atoms with Crippen molar-refractivity contribution in [3.05, 3.63) is 35.4 Å². The van der Waals surface area contributed by atoms with Gasteiger partial charge in [-0.3, -0.25) is 4.79 Å². The van der Waals surface area contributed by atoms with E-state index in [1.165, 1.54) is 5.56 Å². The molecule has 1 rings (SSSR count). The summed E-state index contributed by atoms with van der Waals surface area (Å²) in [5.74, 6) is 1.92. The van der Waals surface area contributed by atoms with E-state index in [0.717, 1.165) is 5.56 Å². The lowest BCUT2D eigenvalue weighted by molar-refractivity contribution is -0.113. The third-order valence-corrected chi connectivity index (χ3v) is 1.65. The highest BCUT2D eigenvalue weighted by atomic mass is 16.1. The van der Waals surface area contributed by atoms with Gasteiger partial charge < -0.3 is 0 Å². The van der Waals surface area contributed by atoms with E-state index in [4.69, 9.17) is 6.42 Å². The van der Waals surface area contributed by atoms with Crippen LogP contribution in [0.1, 0.15) is 11.1 Å². The zero-order valence-corrected chi connectivity index (χ0v) is 7.00. The molecule has 0 unspecified atom stereocenters. The van der Waals surface area contributed by atoms with Crippen molar-refractivity contribution < 1.29 is 4.79 Å². The standard InChI is InChI=1S/C11H10O/c1-3-11(12)8-10-6-4-9(2)5-7-10/h1,4-7H,8H2,2H3. The van der Waals surface area contributed by atoms with Gasteiger partial charge in [-0.05, 0) is 18.4 Å². The Hall–Kier alpha value is -1.55. The van der Waals surface area contributed by atoms with Crippen molar-refractivity contribution in [2.75, 3.05) is 0 Å². The molecule has 0 aliphatic rings. The summed E-state index contributed by atoms with van der Waals surface area (Å²) in [7, 11) is 0. The molecule has 1 aromatic carbocycles. The van der Waals surface area contributed by atoms with E-state index >= 15 is 0 Å². The quantitative estimate of drug-likeness (QED) is 0.473. The molecule has 0 aliphatic heterocycles. The lowest BCUT2D eigenvalue weighted by Crippen LogP contribution is -1.97. The molecular formula is C11H10O. The molecule has 0 fully saturated rings. The summed E-state index contributed by atoms with van der Waals surface area (Å²) in [6, 6.07) is 7.79. The fourth-order valence-electron chi connectivity index (χ4n) is 0.942. The van der Waals surface area contributed by atoms with E-state index in [9.17, 15) is 4.79 Å². The van der Waals surface area contributed by atoms with Gasteiger partial charge in [-0.25, -0.2) is 0 Å². The minimum Gasteiger partial charge on any atom is -0.285 e. The van der Waals surface area contributed by atoms with Gasteiger partial charge in [0.25, 0.3) is 0 Å². The van der Waals surface area contributed by atoms with E-state index in [1.807, 2.05) is 31.2 Å². The van der Waals surface area contributed by atoms with Crippen molar-refractivity contribution in [3.8, 4) is 12.3 Å². The highest BCUT2D eigenvalue weighted by Crippen LogP contribution is 2.03. The topological polar surface area (TPSA) is 17.1 Å². The van der Waals surface area contributed by atoms with Crippen molar-refractivity contribution in [1.29, 1.82) is 0 Å². The third-order valence-electron chi connectivity index (χ3n) is 1.65. The summed E-state index contributed by atoms with van der Waals surface area (Å²) in [6.45, 7) is 2.01. The van der Waals surface area contributed by atoms with E-state index in [2.05, 4.69) is 5.92 Å². The number of carbonyl (C=O) groups is 1. The monoisotopic (exact) mass is 158 g/mol. The normalized spacial score (nSPS) is 9.00. The van der Waals surface area contributed by atoms with Crippen LogP contribution in [0.15, 0.2) is 24.3 Å². The molecule has 1 aromatic rings. The maximum atomic E-state index is 10.8. The molecule has 0 atom stereocenters. The highest BCUT2D eigenvalue weighted by molar-refractivity contribution is 5.96. The summed E-state index contributed by atoms with van der Waals surface area (Å²) in [5.41, 5.74) is 2.16. The first kappa shape index (κ1) is 8.55. The second-order valence-electron chi connectivity index (χ2n) is 2.73. The summed E-state index contributed by atoms with van der Waals surface area (Å²) in [5, 5.41) is 0. The van der Waals surface area contributed by atoms with Crippen molar-refractivity contribution in [1.82, 2.24) is 0 Å². The second-order valence-corrected chi connectivity index (χ2v) is 2.73. The van der Waals surface area contributed by atoms with Crippen molar-refractivity contribution >= 4 is 5.78 Å². The van der Waals surface area contributed by atoms with Crippen molar-refractivity contribution in [2.45, 2.75) is 13.3 Å². The lowest BCUT2D eigenvalue weighted by Gasteiger charge is -1.96. The number of aryl methyl sites for hydroxylation is 1. The van der Waals surface area contributed by atoms with Crippen LogP contribution in [0.25, 0.3) is 0 Å². The minimum absolute atomic E-state index is 0.168. The molecule has 0 radical (unpaired) electrons. The number of ketones is 1. The number of hydrogen-bond donors (Lipinski definition) is 0. The highest BCUT2D eigenvalue weighted by Gasteiger charge is 1.97. The molecule has 0 saturated carbocycles. The molecule has 12 heavy (non-hydrogen) atoms. The average molecular weight is 158 g/mol. The Morgan fingerprint density at radius 1 is 1.42 bits per heavy atom. The van der Waals surface area contributed by atoms with Gasteiger partial charge in [0.05, 0.1) is 0 Å². The molecule has 0 aromatic heterocycles. The molecule has 0 bridgehead atoms. The van der Waals surface area contributed by atoms with Gasteiger partial charge in [-0.1, -0.05) is 29.8 Å². The predicted octanol–water partition coefficient (Wildman–Crippen LogP) is 1.74. The summed E-state index contributed by atoms with van der Waals surface area (Å²) in [6.07, 6.45) is 5.29. The Bertz CT molecular complexity index is 314. The number of Topliss-reactive ketones (excluding diaryl/α,β-unsaturated/α-hetero) is 1. The first-order valence-electron chi connectivity index (χ1n) is 3.77. The minimum atomic E-state index is -0.168. The third kappa shape index (κ3) is 2.25. The molecule has 60 valence electrons. The first-order valence-corrected chi connectivity index (χ1v) is 3.77. The largest absolute Gasteiger partial charge is 0.285 e. The van der Waals surface area contributed by atoms with E-state index in [-0.39, 0.29) is 5.78 Å². The molecule has 1 nitrogen and oxygen atoms in total. The Kier molecular flexibility index (Phi) is 2.66. The maximum Gasteiger partial charge on any atom is 0.209 e. The van der Waals surface area contributed by atoms with Crippen LogP contribution in [-0.4, -0.2) is 5.78 Å². The van der Waals surface area contributed by atoms with Gasteiger partial charge >= 0.3 is 0 Å². The smallest absolute Gasteiger partial charge is 0.209 e. The molecule has 1 heteroatoms. The van der Waals surface area contributed by atoms with Gasteiger partial charge in [0, 0.05) is 6.42 Å².